The van der Waals surface area contributed by atoms with Crippen molar-refractivity contribution >= 4 is 23.4 Å². The summed E-state index contributed by atoms with van der Waals surface area (Å²) in [6.07, 6.45) is 0.674. The average Bonchev–Trinajstić information content (AvgIpc) is 3.04. The Morgan fingerprint density at radius 3 is 2.92 bits per heavy atom. The SMILES string of the molecule is CCc1cc(=O)[nH]c(SCc2nc(-c3ccc(F)c(Cl)c3)no2)n1. The maximum atomic E-state index is 13.2. The van der Waals surface area contributed by atoms with E-state index in [4.69, 9.17) is 16.1 Å². The molecular weight excluding hydrogens is 355 g/mol. The van der Waals surface area contributed by atoms with E-state index in [0.29, 0.717) is 40.3 Å². The van der Waals surface area contributed by atoms with Crippen LogP contribution in [0.2, 0.25) is 5.02 Å². The molecule has 0 amide bonds. The van der Waals surface area contributed by atoms with Gasteiger partial charge in [-0.2, -0.15) is 4.98 Å². The summed E-state index contributed by atoms with van der Waals surface area (Å²) in [5.74, 6) is 0.514. The molecule has 1 N–H and O–H groups in total. The van der Waals surface area contributed by atoms with E-state index in [9.17, 15) is 9.18 Å². The molecular formula is C15H12ClFN4O2S. The summed E-state index contributed by atoms with van der Waals surface area (Å²) in [6, 6.07) is 5.66. The van der Waals surface area contributed by atoms with E-state index in [2.05, 4.69) is 20.1 Å². The van der Waals surface area contributed by atoms with Crippen LogP contribution in [-0.2, 0) is 12.2 Å². The summed E-state index contributed by atoms with van der Waals surface area (Å²) >= 11 is 7.03. The van der Waals surface area contributed by atoms with Crippen LogP contribution in [0, 0.1) is 5.82 Å². The first-order valence-corrected chi connectivity index (χ1v) is 8.42. The Morgan fingerprint density at radius 1 is 1.33 bits per heavy atom. The molecule has 0 aliphatic rings. The largest absolute Gasteiger partial charge is 0.338 e. The van der Waals surface area contributed by atoms with Crippen LogP contribution in [-0.4, -0.2) is 20.1 Å². The first-order chi connectivity index (χ1) is 11.5. The van der Waals surface area contributed by atoms with Crippen molar-refractivity contribution in [1.82, 2.24) is 20.1 Å². The third-order valence-corrected chi connectivity index (χ3v) is 4.26. The summed E-state index contributed by atoms with van der Waals surface area (Å²) in [5, 5.41) is 4.33. The lowest BCUT2D eigenvalue weighted by molar-refractivity contribution is 0.391. The van der Waals surface area contributed by atoms with Crippen molar-refractivity contribution in [3.05, 3.63) is 57.0 Å². The molecule has 1 aromatic carbocycles. The number of hydrogen-bond acceptors (Lipinski definition) is 6. The second-order valence-corrected chi connectivity index (χ2v) is 6.20. The summed E-state index contributed by atoms with van der Waals surface area (Å²) in [4.78, 5) is 22.7. The molecule has 24 heavy (non-hydrogen) atoms. The summed E-state index contributed by atoms with van der Waals surface area (Å²) in [5.41, 5.74) is 1.07. The molecule has 3 aromatic rings. The fraction of sp³-hybridized carbons (Fsp3) is 0.200. The molecule has 0 aliphatic heterocycles. The highest BCUT2D eigenvalue weighted by atomic mass is 35.5. The molecule has 9 heteroatoms. The maximum absolute atomic E-state index is 13.2. The molecule has 0 fully saturated rings. The molecule has 2 heterocycles. The van der Waals surface area contributed by atoms with Crippen molar-refractivity contribution in [3.63, 3.8) is 0 Å². The Bertz CT molecular complexity index is 928. The van der Waals surface area contributed by atoms with Gasteiger partial charge in [-0.1, -0.05) is 35.4 Å². The van der Waals surface area contributed by atoms with Gasteiger partial charge in [0.05, 0.1) is 10.8 Å². The molecule has 0 saturated carbocycles. The van der Waals surface area contributed by atoms with E-state index in [-0.39, 0.29) is 10.6 Å². The van der Waals surface area contributed by atoms with Gasteiger partial charge >= 0.3 is 0 Å². The molecule has 0 atom stereocenters. The van der Waals surface area contributed by atoms with Gasteiger partial charge in [-0.3, -0.25) is 4.79 Å². The fourth-order valence-corrected chi connectivity index (χ4v) is 2.84. The number of benzene rings is 1. The topological polar surface area (TPSA) is 84.7 Å². The molecule has 0 bridgehead atoms. The minimum Gasteiger partial charge on any atom is -0.338 e. The third-order valence-electron chi connectivity index (χ3n) is 3.11. The first-order valence-electron chi connectivity index (χ1n) is 7.06. The molecule has 124 valence electrons. The zero-order chi connectivity index (χ0) is 17.1. The molecule has 0 radical (unpaired) electrons. The van der Waals surface area contributed by atoms with E-state index in [1.165, 1.54) is 36.0 Å². The normalized spacial score (nSPS) is 11.0. The molecule has 2 aromatic heterocycles. The standard InChI is InChI=1S/C15H12ClFN4O2S/c1-2-9-6-12(22)19-15(18-9)24-7-13-20-14(21-23-13)8-3-4-11(17)10(16)5-8/h3-6H,2,7H2,1H3,(H,18,19,22). The number of hydrogen-bond donors (Lipinski definition) is 1. The highest BCUT2D eigenvalue weighted by Gasteiger charge is 2.12. The maximum Gasteiger partial charge on any atom is 0.251 e. The van der Waals surface area contributed by atoms with Gasteiger partial charge in [0, 0.05) is 17.3 Å². The predicted molar refractivity (Wildman–Crippen MR) is 88.5 cm³/mol. The summed E-state index contributed by atoms with van der Waals surface area (Å²) in [6.45, 7) is 1.92. The smallest absolute Gasteiger partial charge is 0.251 e. The lowest BCUT2D eigenvalue weighted by atomic mass is 10.2. The highest BCUT2D eigenvalue weighted by molar-refractivity contribution is 7.98. The average molecular weight is 367 g/mol. The number of nitrogens with one attached hydrogen (secondary N) is 1. The summed E-state index contributed by atoms with van der Waals surface area (Å²) < 4.78 is 18.3. The van der Waals surface area contributed by atoms with Crippen LogP contribution >= 0.6 is 23.4 Å². The minimum absolute atomic E-state index is 0.00798. The van der Waals surface area contributed by atoms with E-state index in [1.807, 2.05) is 6.92 Å². The highest BCUT2D eigenvalue weighted by Crippen LogP contribution is 2.24. The van der Waals surface area contributed by atoms with Gasteiger partial charge in [0.25, 0.3) is 5.56 Å². The van der Waals surface area contributed by atoms with E-state index in [0.717, 1.165) is 0 Å². The van der Waals surface area contributed by atoms with Gasteiger partial charge in [-0.25, -0.2) is 9.37 Å². The van der Waals surface area contributed by atoms with Crippen LogP contribution in [0.1, 0.15) is 18.5 Å². The molecule has 0 saturated heterocycles. The van der Waals surface area contributed by atoms with Crippen molar-refractivity contribution in [2.24, 2.45) is 0 Å². The van der Waals surface area contributed by atoms with Gasteiger partial charge in [-0.05, 0) is 24.6 Å². The van der Waals surface area contributed by atoms with Crippen molar-refractivity contribution in [2.75, 3.05) is 0 Å². The number of rotatable bonds is 5. The fourth-order valence-electron chi connectivity index (χ4n) is 1.93. The van der Waals surface area contributed by atoms with Crippen molar-refractivity contribution in [1.29, 1.82) is 0 Å². The lowest BCUT2D eigenvalue weighted by Crippen LogP contribution is -2.09. The minimum atomic E-state index is -0.509. The van der Waals surface area contributed by atoms with E-state index < -0.39 is 5.82 Å². The number of halogens is 2. The quantitative estimate of drug-likeness (QED) is 0.549. The molecule has 0 aliphatic carbocycles. The first kappa shape index (κ1) is 16.7. The summed E-state index contributed by atoms with van der Waals surface area (Å²) in [7, 11) is 0. The Morgan fingerprint density at radius 2 is 2.17 bits per heavy atom. The van der Waals surface area contributed by atoms with Gasteiger partial charge in [0.1, 0.15) is 5.82 Å². The number of aryl methyl sites for hydroxylation is 1. The van der Waals surface area contributed by atoms with Crippen LogP contribution in [0.5, 0.6) is 0 Å². The molecule has 0 spiro atoms. The van der Waals surface area contributed by atoms with Gasteiger partial charge < -0.3 is 9.51 Å². The zero-order valence-corrected chi connectivity index (χ0v) is 14.1. The lowest BCUT2D eigenvalue weighted by Gasteiger charge is -2.00. The van der Waals surface area contributed by atoms with Crippen molar-refractivity contribution in [3.8, 4) is 11.4 Å². The molecule has 6 nitrogen and oxygen atoms in total. The Labute approximate surface area is 145 Å². The predicted octanol–water partition coefficient (Wildman–Crippen LogP) is 3.47. The molecule has 3 rings (SSSR count). The monoisotopic (exact) mass is 366 g/mol. The van der Waals surface area contributed by atoms with E-state index >= 15 is 0 Å². The number of aromatic nitrogens is 4. The number of aromatic amines is 1. The number of thioether (sulfide) groups is 1. The van der Waals surface area contributed by atoms with Crippen molar-refractivity contribution in [2.45, 2.75) is 24.3 Å². The van der Waals surface area contributed by atoms with Crippen LogP contribution < -0.4 is 5.56 Å². The van der Waals surface area contributed by atoms with Gasteiger partial charge in [-0.15, -0.1) is 0 Å². The third kappa shape index (κ3) is 3.82. The van der Waals surface area contributed by atoms with Crippen LogP contribution in [0.4, 0.5) is 4.39 Å². The van der Waals surface area contributed by atoms with Crippen molar-refractivity contribution < 1.29 is 8.91 Å². The van der Waals surface area contributed by atoms with Crippen LogP contribution in [0.3, 0.4) is 0 Å². The van der Waals surface area contributed by atoms with Gasteiger partial charge in [0.15, 0.2) is 5.16 Å². The Kier molecular flexibility index (Phi) is 4.96. The Balaban J connectivity index is 1.73. The van der Waals surface area contributed by atoms with Gasteiger partial charge in [0.2, 0.25) is 11.7 Å². The van der Waals surface area contributed by atoms with Crippen LogP contribution in [0.15, 0.2) is 38.7 Å². The number of H-pyrrole nitrogens is 1. The second kappa shape index (κ2) is 7.14. The van der Waals surface area contributed by atoms with E-state index in [1.54, 1.807) is 0 Å². The number of nitrogens with zero attached hydrogens (tertiary/aromatic N) is 3. The molecule has 0 unspecified atom stereocenters. The Hall–Kier alpha value is -2.19. The zero-order valence-electron chi connectivity index (χ0n) is 12.5. The van der Waals surface area contributed by atoms with Crippen LogP contribution in [0.25, 0.3) is 11.4 Å². The second-order valence-electron chi connectivity index (χ2n) is 4.82.